The molecule has 1 atom stereocenters. The Hall–Kier alpha value is 0.270. The number of rotatable bonds is 6. The van der Waals surface area contributed by atoms with E-state index in [1.807, 2.05) is 0 Å². The highest BCUT2D eigenvalue weighted by atomic mass is 32.2. The van der Waals surface area contributed by atoms with Crippen LogP contribution in [0.5, 0.6) is 0 Å². The molecule has 0 bridgehead atoms. The molecule has 0 spiro atoms. The van der Waals surface area contributed by atoms with Gasteiger partial charge in [0.2, 0.25) is 0 Å². The Labute approximate surface area is 130 Å². The molecule has 1 unspecified atom stereocenters. The molecule has 1 aliphatic carbocycles. The first-order chi connectivity index (χ1) is 9.63. The summed E-state index contributed by atoms with van der Waals surface area (Å²) in [6.07, 6.45) is 8.64. The molecule has 1 saturated carbocycles. The fraction of sp³-hybridized carbons (Fsp3) is 1.00. The summed E-state index contributed by atoms with van der Waals surface area (Å²) in [4.78, 5) is 2.76. The van der Waals surface area contributed by atoms with Crippen LogP contribution in [0.4, 0.5) is 0 Å². The van der Waals surface area contributed by atoms with Crippen molar-refractivity contribution in [2.24, 2.45) is 5.92 Å². The van der Waals surface area contributed by atoms with E-state index in [9.17, 15) is 0 Å². The van der Waals surface area contributed by atoms with Crippen molar-refractivity contribution in [3.8, 4) is 0 Å². The molecular weight excluding hydrogens is 264 g/mol. The summed E-state index contributed by atoms with van der Waals surface area (Å²) in [6, 6.07) is 0.752. The van der Waals surface area contributed by atoms with E-state index in [2.05, 4.69) is 42.7 Å². The second-order valence-corrected chi connectivity index (χ2v) is 8.59. The van der Waals surface area contributed by atoms with Gasteiger partial charge in [-0.3, -0.25) is 4.90 Å². The van der Waals surface area contributed by atoms with Gasteiger partial charge in [-0.25, -0.2) is 0 Å². The average molecular weight is 299 g/mol. The Morgan fingerprint density at radius 3 is 2.65 bits per heavy atom. The first-order valence-electron chi connectivity index (χ1n) is 8.69. The highest BCUT2D eigenvalue weighted by molar-refractivity contribution is 7.99. The Bertz CT molecular complexity index is 274. The van der Waals surface area contributed by atoms with Crippen LogP contribution in [0.15, 0.2) is 0 Å². The molecule has 20 heavy (non-hydrogen) atoms. The first kappa shape index (κ1) is 16.6. The maximum atomic E-state index is 3.86. The normalized spacial score (nSPS) is 28.6. The van der Waals surface area contributed by atoms with Gasteiger partial charge in [0.15, 0.2) is 0 Å². The standard InChI is InChI=1S/C17H34N2S/c1-4-20-12-8-11-19-13-16(18-14-17(19,2)3)15-9-6-5-7-10-15/h15-16,18H,4-14H2,1-3H3. The number of piperazine rings is 1. The maximum Gasteiger partial charge on any atom is 0.0278 e. The second-order valence-electron chi connectivity index (χ2n) is 7.19. The van der Waals surface area contributed by atoms with E-state index in [0.29, 0.717) is 5.54 Å². The number of nitrogens with one attached hydrogen (secondary N) is 1. The summed E-state index contributed by atoms with van der Waals surface area (Å²) in [5, 5.41) is 3.86. The molecule has 1 aliphatic heterocycles. The van der Waals surface area contributed by atoms with Gasteiger partial charge in [0.05, 0.1) is 0 Å². The molecule has 0 aromatic rings. The van der Waals surface area contributed by atoms with E-state index in [-0.39, 0.29) is 0 Å². The van der Waals surface area contributed by atoms with Crippen LogP contribution in [-0.4, -0.2) is 47.6 Å². The predicted octanol–water partition coefficient (Wildman–Crippen LogP) is 3.76. The fourth-order valence-corrected chi connectivity index (χ4v) is 4.41. The summed E-state index contributed by atoms with van der Waals surface area (Å²) < 4.78 is 0. The molecule has 0 amide bonds. The molecule has 2 fully saturated rings. The summed E-state index contributed by atoms with van der Waals surface area (Å²) in [5.41, 5.74) is 0.335. The molecule has 2 nitrogen and oxygen atoms in total. The van der Waals surface area contributed by atoms with Crippen LogP contribution in [0.2, 0.25) is 0 Å². The van der Waals surface area contributed by atoms with Gasteiger partial charge in [-0.05, 0) is 57.1 Å². The van der Waals surface area contributed by atoms with Crippen LogP contribution in [0.3, 0.4) is 0 Å². The molecule has 0 aromatic heterocycles. The minimum Gasteiger partial charge on any atom is -0.311 e. The number of thioether (sulfide) groups is 1. The van der Waals surface area contributed by atoms with Crippen LogP contribution in [0, 0.1) is 5.92 Å². The van der Waals surface area contributed by atoms with Crippen LogP contribution < -0.4 is 5.32 Å². The van der Waals surface area contributed by atoms with Crippen LogP contribution >= 0.6 is 11.8 Å². The van der Waals surface area contributed by atoms with Crippen molar-refractivity contribution >= 4 is 11.8 Å². The lowest BCUT2D eigenvalue weighted by Crippen LogP contribution is -2.63. The van der Waals surface area contributed by atoms with E-state index in [1.165, 1.54) is 63.1 Å². The largest absolute Gasteiger partial charge is 0.311 e. The summed E-state index contributed by atoms with van der Waals surface area (Å²) in [5.74, 6) is 3.52. The molecular formula is C17H34N2S. The number of hydrogen-bond acceptors (Lipinski definition) is 3. The monoisotopic (exact) mass is 298 g/mol. The highest BCUT2D eigenvalue weighted by Gasteiger charge is 2.36. The van der Waals surface area contributed by atoms with Crippen molar-refractivity contribution in [2.45, 2.75) is 70.9 Å². The zero-order valence-electron chi connectivity index (χ0n) is 13.8. The number of nitrogens with zero attached hydrogens (tertiary/aromatic N) is 1. The third kappa shape index (κ3) is 4.64. The van der Waals surface area contributed by atoms with E-state index < -0.39 is 0 Å². The van der Waals surface area contributed by atoms with E-state index in [4.69, 9.17) is 0 Å². The summed E-state index contributed by atoms with van der Waals surface area (Å²) in [6.45, 7) is 10.8. The predicted molar refractivity (Wildman–Crippen MR) is 91.6 cm³/mol. The Kier molecular flexibility index (Phi) is 6.70. The molecule has 1 saturated heterocycles. The van der Waals surface area contributed by atoms with Gasteiger partial charge in [0.25, 0.3) is 0 Å². The molecule has 118 valence electrons. The first-order valence-corrected chi connectivity index (χ1v) is 9.85. The molecule has 2 aliphatic rings. The maximum absolute atomic E-state index is 3.86. The van der Waals surface area contributed by atoms with E-state index in [0.717, 1.165) is 18.5 Å². The van der Waals surface area contributed by atoms with Gasteiger partial charge in [-0.15, -0.1) is 0 Å². The fourth-order valence-electron chi connectivity index (χ4n) is 3.79. The topological polar surface area (TPSA) is 15.3 Å². The summed E-state index contributed by atoms with van der Waals surface area (Å²) in [7, 11) is 0. The van der Waals surface area contributed by atoms with Crippen molar-refractivity contribution in [3.05, 3.63) is 0 Å². The van der Waals surface area contributed by atoms with Gasteiger partial charge in [0.1, 0.15) is 0 Å². The summed E-state index contributed by atoms with van der Waals surface area (Å²) >= 11 is 2.08. The van der Waals surface area contributed by atoms with Crippen LogP contribution in [0.25, 0.3) is 0 Å². The van der Waals surface area contributed by atoms with Crippen LogP contribution in [-0.2, 0) is 0 Å². The minimum atomic E-state index is 0.335. The minimum absolute atomic E-state index is 0.335. The zero-order chi connectivity index (χ0) is 14.4. The quantitative estimate of drug-likeness (QED) is 0.752. The second kappa shape index (κ2) is 8.05. The van der Waals surface area contributed by atoms with E-state index >= 15 is 0 Å². The van der Waals surface area contributed by atoms with Crippen molar-refractivity contribution in [1.82, 2.24) is 10.2 Å². The Morgan fingerprint density at radius 1 is 1.20 bits per heavy atom. The third-order valence-electron chi connectivity index (χ3n) is 5.21. The molecule has 2 rings (SSSR count). The molecule has 0 aromatic carbocycles. The van der Waals surface area contributed by atoms with E-state index in [1.54, 1.807) is 0 Å². The molecule has 1 N–H and O–H groups in total. The molecule has 3 heteroatoms. The van der Waals surface area contributed by atoms with Crippen molar-refractivity contribution in [1.29, 1.82) is 0 Å². The number of hydrogen-bond donors (Lipinski definition) is 1. The van der Waals surface area contributed by atoms with Gasteiger partial charge in [-0.2, -0.15) is 11.8 Å². The lowest BCUT2D eigenvalue weighted by Gasteiger charge is -2.48. The molecule has 0 radical (unpaired) electrons. The third-order valence-corrected chi connectivity index (χ3v) is 6.20. The van der Waals surface area contributed by atoms with Crippen molar-refractivity contribution < 1.29 is 0 Å². The SMILES string of the molecule is CCSCCCN1CC(C2CCCCC2)NCC1(C)C. The smallest absolute Gasteiger partial charge is 0.0278 e. The Morgan fingerprint density at radius 2 is 1.95 bits per heavy atom. The lowest BCUT2D eigenvalue weighted by atomic mass is 9.81. The van der Waals surface area contributed by atoms with Crippen LogP contribution in [0.1, 0.15) is 59.3 Å². The van der Waals surface area contributed by atoms with Gasteiger partial charge in [0, 0.05) is 24.7 Å². The van der Waals surface area contributed by atoms with Gasteiger partial charge in [-0.1, -0.05) is 26.2 Å². The average Bonchev–Trinajstić information content (AvgIpc) is 2.46. The molecule has 1 heterocycles. The Balaban J connectivity index is 1.83. The van der Waals surface area contributed by atoms with Gasteiger partial charge < -0.3 is 5.32 Å². The van der Waals surface area contributed by atoms with Crippen molar-refractivity contribution in [3.63, 3.8) is 0 Å². The highest BCUT2D eigenvalue weighted by Crippen LogP contribution is 2.30. The lowest BCUT2D eigenvalue weighted by molar-refractivity contribution is 0.0445. The zero-order valence-corrected chi connectivity index (χ0v) is 14.6. The van der Waals surface area contributed by atoms with Gasteiger partial charge >= 0.3 is 0 Å². The van der Waals surface area contributed by atoms with Crippen molar-refractivity contribution in [2.75, 3.05) is 31.1 Å².